The first-order valence-electron chi connectivity index (χ1n) is 7.83. The smallest absolute Gasteiger partial charge is 0.0108 e. The Morgan fingerprint density at radius 1 is 1.21 bits per heavy atom. The molecule has 1 N–H and O–H groups in total. The Hall–Kier alpha value is -0.470. The van der Waals surface area contributed by atoms with Gasteiger partial charge in [-0.25, -0.2) is 0 Å². The van der Waals surface area contributed by atoms with Crippen molar-refractivity contribution in [2.75, 3.05) is 12.3 Å². The molecule has 0 amide bonds. The minimum absolute atomic E-state index is 0.723. The Morgan fingerprint density at radius 3 is 2.95 bits per heavy atom. The van der Waals surface area contributed by atoms with E-state index in [1.54, 1.807) is 5.56 Å². The standard InChI is InChI=1S/C17H25NS/c1-2-13-7-3-5-9-16(13)18-11-14-12-19-17-10-6-4-8-15(14)17/h4,6,8,10,13-14,16,18H,2-3,5,7,9,11-12H2,1H3. The SMILES string of the molecule is CCC1CCCCC1NCC1CSc2ccccc21. The molecule has 0 radical (unpaired) electrons. The first-order valence-corrected chi connectivity index (χ1v) is 8.82. The molecule has 0 spiro atoms. The molecule has 3 atom stereocenters. The van der Waals surface area contributed by atoms with Crippen LogP contribution in [0.5, 0.6) is 0 Å². The fourth-order valence-corrected chi connectivity index (χ4v) is 4.91. The van der Waals surface area contributed by atoms with Gasteiger partial charge in [0.1, 0.15) is 0 Å². The van der Waals surface area contributed by atoms with Crippen molar-refractivity contribution in [3.63, 3.8) is 0 Å². The Labute approximate surface area is 121 Å². The number of benzene rings is 1. The summed E-state index contributed by atoms with van der Waals surface area (Å²) in [5, 5.41) is 3.89. The summed E-state index contributed by atoms with van der Waals surface area (Å²) in [4.78, 5) is 1.50. The van der Waals surface area contributed by atoms with Crippen LogP contribution in [0.1, 0.15) is 50.5 Å². The molecule has 1 saturated carbocycles. The minimum atomic E-state index is 0.723. The van der Waals surface area contributed by atoms with Gasteiger partial charge < -0.3 is 5.32 Å². The summed E-state index contributed by atoms with van der Waals surface area (Å²) in [6, 6.07) is 9.72. The van der Waals surface area contributed by atoms with Gasteiger partial charge >= 0.3 is 0 Å². The average molecular weight is 275 g/mol. The first-order chi connectivity index (χ1) is 9.38. The lowest BCUT2D eigenvalue weighted by atomic mass is 9.82. The van der Waals surface area contributed by atoms with Crippen molar-refractivity contribution in [3.8, 4) is 0 Å². The maximum absolute atomic E-state index is 3.89. The predicted molar refractivity (Wildman–Crippen MR) is 83.9 cm³/mol. The zero-order valence-electron chi connectivity index (χ0n) is 11.9. The van der Waals surface area contributed by atoms with E-state index in [1.807, 2.05) is 11.8 Å². The number of hydrogen-bond donors (Lipinski definition) is 1. The maximum Gasteiger partial charge on any atom is 0.0108 e. The topological polar surface area (TPSA) is 12.0 Å². The molecule has 3 unspecified atom stereocenters. The van der Waals surface area contributed by atoms with Crippen LogP contribution in [0.15, 0.2) is 29.2 Å². The number of nitrogens with one attached hydrogen (secondary N) is 1. The molecule has 2 aliphatic rings. The van der Waals surface area contributed by atoms with E-state index in [0.717, 1.165) is 17.9 Å². The normalized spacial score (nSPS) is 30.3. The number of hydrogen-bond acceptors (Lipinski definition) is 2. The highest BCUT2D eigenvalue weighted by Gasteiger charge is 2.26. The second kappa shape index (κ2) is 6.32. The maximum atomic E-state index is 3.89. The molecule has 1 aromatic rings. The van der Waals surface area contributed by atoms with E-state index in [0.29, 0.717) is 0 Å². The van der Waals surface area contributed by atoms with Crippen molar-refractivity contribution in [1.29, 1.82) is 0 Å². The summed E-state index contributed by atoms with van der Waals surface area (Å²) in [5.41, 5.74) is 1.57. The fourth-order valence-electron chi connectivity index (χ4n) is 3.66. The lowest BCUT2D eigenvalue weighted by Crippen LogP contribution is -2.40. The Kier molecular flexibility index (Phi) is 4.49. The molecule has 19 heavy (non-hydrogen) atoms. The van der Waals surface area contributed by atoms with Crippen LogP contribution in [0.4, 0.5) is 0 Å². The van der Waals surface area contributed by atoms with Crippen molar-refractivity contribution in [2.45, 2.75) is 55.9 Å². The average Bonchev–Trinajstić information content (AvgIpc) is 2.89. The van der Waals surface area contributed by atoms with Gasteiger partial charge in [-0.3, -0.25) is 0 Å². The summed E-state index contributed by atoms with van der Waals surface area (Å²) in [5.74, 6) is 2.90. The molecule has 1 heterocycles. The van der Waals surface area contributed by atoms with E-state index in [9.17, 15) is 0 Å². The molecule has 0 aromatic heterocycles. The predicted octanol–water partition coefficient (Wildman–Crippen LogP) is 4.43. The van der Waals surface area contributed by atoms with Gasteiger partial charge in [0.25, 0.3) is 0 Å². The molecule has 0 bridgehead atoms. The van der Waals surface area contributed by atoms with Crippen molar-refractivity contribution in [1.82, 2.24) is 5.32 Å². The van der Waals surface area contributed by atoms with Gasteiger partial charge in [-0.05, 0) is 30.4 Å². The van der Waals surface area contributed by atoms with Crippen LogP contribution in [0.3, 0.4) is 0 Å². The van der Waals surface area contributed by atoms with Crippen LogP contribution >= 0.6 is 11.8 Å². The van der Waals surface area contributed by atoms with Crippen LogP contribution in [0.2, 0.25) is 0 Å². The van der Waals surface area contributed by atoms with Crippen LogP contribution < -0.4 is 5.32 Å². The Balaban J connectivity index is 1.58. The van der Waals surface area contributed by atoms with E-state index in [4.69, 9.17) is 0 Å². The van der Waals surface area contributed by atoms with Gasteiger partial charge in [-0.1, -0.05) is 44.4 Å². The van der Waals surface area contributed by atoms with Crippen molar-refractivity contribution >= 4 is 11.8 Å². The zero-order valence-corrected chi connectivity index (χ0v) is 12.7. The fraction of sp³-hybridized carbons (Fsp3) is 0.647. The van der Waals surface area contributed by atoms with Crippen LogP contribution in [-0.4, -0.2) is 18.3 Å². The van der Waals surface area contributed by atoms with Gasteiger partial charge in [0, 0.05) is 29.2 Å². The third kappa shape index (κ3) is 3.00. The minimum Gasteiger partial charge on any atom is -0.313 e. The number of fused-ring (bicyclic) bond motifs is 1. The van der Waals surface area contributed by atoms with Crippen LogP contribution in [0.25, 0.3) is 0 Å². The summed E-state index contributed by atoms with van der Waals surface area (Å²) >= 11 is 2.03. The molecule has 1 nitrogen and oxygen atoms in total. The Bertz CT molecular complexity index is 417. The van der Waals surface area contributed by atoms with Crippen LogP contribution in [-0.2, 0) is 0 Å². The summed E-state index contributed by atoms with van der Waals surface area (Å²) in [6.07, 6.45) is 7.03. The second-order valence-electron chi connectivity index (χ2n) is 6.01. The van der Waals surface area contributed by atoms with Gasteiger partial charge in [0.15, 0.2) is 0 Å². The molecule has 3 rings (SSSR count). The highest BCUT2D eigenvalue weighted by Crippen LogP contribution is 2.39. The number of rotatable bonds is 4. The first kappa shape index (κ1) is 13.5. The van der Waals surface area contributed by atoms with Crippen molar-refractivity contribution in [3.05, 3.63) is 29.8 Å². The lowest BCUT2D eigenvalue weighted by molar-refractivity contribution is 0.254. The lowest BCUT2D eigenvalue weighted by Gasteiger charge is -2.32. The number of thioether (sulfide) groups is 1. The van der Waals surface area contributed by atoms with Gasteiger partial charge in [-0.2, -0.15) is 0 Å². The van der Waals surface area contributed by atoms with Gasteiger partial charge in [-0.15, -0.1) is 11.8 Å². The second-order valence-corrected chi connectivity index (χ2v) is 7.08. The molecule has 1 aromatic carbocycles. The van der Waals surface area contributed by atoms with E-state index in [2.05, 4.69) is 36.5 Å². The summed E-state index contributed by atoms with van der Waals surface area (Å²) in [6.45, 7) is 3.52. The van der Waals surface area contributed by atoms with E-state index in [-0.39, 0.29) is 0 Å². The summed E-state index contributed by atoms with van der Waals surface area (Å²) in [7, 11) is 0. The van der Waals surface area contributed by atoms with Crippen molar-refractivity contribution in [2.24, 2.45) is 5.92 Å². The third-order valence-electron chi connectivity index (χ3n) is 4.86. The quantitative estimate of drug-likeness (QED) is 0.872. The van der Waals surface area contributed by atoms with E-state index < -0.39 is 0 Å². The molecular formula is C17H25NS. The molecule has 104 valence electrons. The van der Waals surface area contributed by atoms with Gasteiger partial charge in [0.2, 0.25) is 0 Å². The monoisotopic (exact) mass is 275 g/mol. The molecule has 2 heteroatoms. The molecule has 0 saturated heterocycles. The van der Waals surface area contributed by atoms with E-state index >= 15 is 0 Å². The molecule has 1 aliphatic carbocycles. The van der Waals surface area contributed by atoms with E-state index in [1.165, 1.54) is 49.3 Å². The largest absolute Gasteiger partial charge is 0.313 e. The highest BCUT2D eigenvalue weighted by molar-refractivity contribution is 7.99. The van der Waals surface area contributed by atoms with Gasteiger partial charge in [0.05, 0.1) is 0 Å². The zero-order chi connectivity index (χ0) is 13.1. The third-order valence-corrected chi connectivity index (χ3v) is 6.11. The van der Waals surface area contributed by atoms with Crippen molar-refractivity contribution < 1.29 is 0 Å². The highest BCUT2D eigenvalue weighted by atomic mass is 32.2. The molecular weight excluding hydrogens is 250 g/mol. The molecule has 1 fully saturated rings. The van der Waals surface area contributed by atoms with Crippen LogP contribution in [0, 0.1) is 5.92 Å². The Morgan fingerprint density at radius 2 is 2.05 bits per heavy atom. The molecule has 1 aliphatic heterocycles. The summed E-state index contributed by atoms with van der Waals surface area (Å²) < 4.78 is 0.